The zero-order valence-corrected chi connectivity index (χ0v) is 13.4. The van der Waals surface area contributed by atoms with Crippen LogP contribution < -0.4 is 11.3 Å². The van der Waals surface area contributed by atoms with Gasteiger partial charge in [0.25, 0.3) is 0 Å². The van der Waals surface area contributed by atoms with Crippen LogP contribution in [0.5, 0.6) is 0 Å². The van der Waals surface area contributed by atoms with Crippen LogP contribution >= 0.6 is 15.9 Å². The molecule has 1 saturated heterocycles. The maximum atomic E-state index is 13.8. The molecule has 1 heterocycles. The van der Waals surface area contributed by atoms with Crippen molar-refractivity contribution in [1.29, 1.82) is 0 Å². The van der Waals surface area contributed by atoms with Gasteiger partial charge in [-0.05, 0) is 43.0 Å². The summed E-state index contributed by atoms with van der Waals surface area (Å²) in [4.78, 5) is 0. The van der Waals surface area contributed by atoms with Crippen LogP contribution in [0.1, 0.15) is 24.8 Å². The van der Waals surface area contributed by atoms with Crippen molar-refractivity contribution in [3.05, 3.63) is 34.1 Å². The molecule has 20 heavy (non-hydrogen) atoms. The average molecular weight is 365 g/mol. The molecule has 0 spiro atoms. The van der Waals surface area contributed by atoms with E-state index in [2.05, 4.69) is 21.4 Å². The molecular formula is C13H18BrFN2O2S. The lowest BCUT2D eigenvalue weighted by atomic mass is 9.99. The Kier molecular flexibility index (Phi) is 5.17. The van der Waals surface area contributed by atoms with Crippen LogP contribution in [0.25, 0.3) is 0 Å². The summed E-state index contributed by atoms with van der Waals surface area (Å²) in [5.74, 6) is 5.36. The number of benzene rings is 1. The zero-order chi connectivity index (χ0) is 14.8. The number of hydrogen-bond acceptors (Lipinski definition) is 4. The summed E-state index contributed by atoms with van der Waals surface area (Å²) in [7, 11) is -3.15. The van der Waals surface area contributed by atoms with Gasteiger partial charge in [0.15, 0.2) is 9.84 Å². The van der Waals surface area contributed by atoms with Crippen molar-refractivity contribution in [2.75, 3.05) is 5.75 Å². The van der Waals surface area contributed by atoms with Gasteiger partial charge in [-0.1, -0.05) is 22.4 Å². The molecule has 2 unspecified atom stereocenters. The first-order valence-electron chi connectivity index (χ1n) is 6.55. The molecule has 0 amide bonds. The van der Waals surface area contributed by atoms with Crippen LogP contribution in [-0.4, -0.2) is 25.5 Å². The van der Waals surface area contributed by atoms with Crippen LogP contribution in [0.15, 0.2) is 22.7 Å². The number of hydrazine groups is 1. The van der Waals surface area contributed by atoms with Gasteiger partial charge in [-0.2, -0.15) is 0 Å². The molecule has 1 aliphatic heterocycles. The highest BCUT2D eigenvalue weighted by molar-refractivity contribution is 9.10. The number of rotatable bonds is 4. The highest BCUT2D eigenvalue weighted by Gasteiger charge is 2.35. The molecule has 2 atom stereocenters. The first-order chi connectivity index (χ1) is 9.44. The SMILES string of the molecule is NNC(Cc1cc(Br)ccc1F)C1CCCCS1(=O)=O. The Morgan fingerprint density at radius 1 is 1.45 bits per heavy atom. The molecule has 1 aromatic carbocycles. The van der Waals surface area contributed by atoms with Crippen molar-refractivity contribution in [2.24, 2.45) is 5.84 Å². The molecule has 1 aromatic rings. The molecule has 0 bridgehead atoms. The Morgan fingerprint density at radius 3 is 2.85 bits per heavy atom. The van der Waals surface area contributed by atoms with E-state index in [4.69, 9.17) is 5.84 Å². The highest BCUT2D eigenvalue weighted by atomic mass is 79.9. The third kappa shape index (κ3) is 3.58. The van der Waals surface area contributed by atoms with Crippen molar-refractivity contribution < 1.29 is 12.8 Å². The van der Waals surface area contributed by atoms with Crippen LogP contribution in [-0.2, 0) is 16.3 Å². The van der Waals surface area contributed by atoms with Crippen molar-refractivity contribution in [3.8, 4) is 0 Å². The fourth-order valence-corrected chi connectivity index (χ4v) is 5.18. The minimum Gasteiger partial charge on any atom is -0.271 e. The third-order valence-corrected chi connectivity index (χ3v) is 6.58. The van der Waals surface area contributed by atoms with Crippen molar-refractivity contribution in [2.45, 2.75) is 37.0 Å². The molecule has 0 saturated carbocycles. The quantitative estimate of drug-likeness (QED) is 0.632. The lowest BCUT2D eigenvalue weighted by molar-refractivity contribution is 0.435. The number of sulfone groups is 1. The van der Waals surface area contributed by atoms with E-state index in [0.717, 1.165) is 10.9 Å². The third-order valence-electron chi connectivity index (χ3n) is 3.74. The molecule has 1 aliphatic rings. The minimum absolute atomic E-state index is 0.191. The fourth-order valence-electron chi connectivity index (χ4n) is 2.67. The Hall–Kier alpha value is -0.500. The van der Waals surface area contributed by atoms with Gasteiger partial charge in [-0.15, -0.1) is 0 Å². The monoisotopic (exact) mass is 364 g/mol. The second kappa shape index (κ2) is 6.51. The van der Waals surface area contributed by atoms with Gasteiger partial charge in [0.1, 0.15) is 5.82 Å². The highest BCUT2D eigenvalue weighted by Crippen LogP contribution is 2.25. The topological polar surface area (TPSA) is 72.2 Å². The van der Waals surface area contributed by atoms with Gasteiger partial charge in [-0.3, -0.25) is 11.3 Å². The van der Waals surface area contributed by atoms with Crippen molar-refractivity contribution in [1.82, 2.24) is 5.43 Å². The molecule has 1 fully saturated rings. The number of halogens is 2. The predicted molar refractivity (Wildman–Crippen MR) is 80.3 cm³/mol. The molecule has 2 rings (SSSR count). The van der Waals surface area contributed by atoms with Gasteiger partial charge >= 0.3 is 0 Å². The second-order valence-corrected chi connectivity index (χ2v) is 8.37. The molecule has 0 aliphatic carbocycles. The molecular weight excluding hydrogens is 347 g/mol. The van der Waals surface area contributed by atoms with Crippen molar-refractivity contribution in [3.63, 3.8) is 0 Å². The summed E-state index contributed by atoms with van der Waals surface area (Å²) in [5, 5.41) is -0.542. The van der Waals surface area contributed by atoms with Gasteiger partial charge in [0, 0.05) is 10.5 Å². The summed E-state index contributed by atoms with van der Waals surface area (Å²) in [6.07, 6.45) is 2.39. The molecule has 0 aromatic heterocycles. The summed E-state index contributed by atoms with van der Waals surface area (Å²) in [6.45, 7) is 0. The number of nitrogens with two attached hydrogens (primary N) is 1. The van der Waals surface area contributed by atoms with Gasteiger partial charge in [0.05, 0.1) is 11.0 Å². The fraction of sp³-hybridized carbons (Fsp3) is 0.538. The van der Waals surface area contributed by atoms with E-state index in [0.29, 0.717) is 18.4 Å². The summed E-state index contributed by atoms with van der Waals surface area (Å²) < 4.78 is 38.8. The van der Waals surface area contributed by atoms with Crippen molar-refractivity contribution >= 4 is 25.8 Å². The van der Waals surface area contributed by atoms with E-state index in [9.17, 15) is 12.8 Å². The van der Waals surface area contributed by atoms with Gasteiger partial charge in [0.2, 0.25) is 0 Å². The maximum Gasteiger partial charge on any atom is 0.154 e. The van der Waals surface area contributed by atoms with E-state index in [1.807, 2.05) is 0 Å². The molecule has 4 nitrogen and oxygen atoms in total. The van der Waals surface area contributed by atoms with Gasteiger partial charge < -0.3 is 0 Å². The minimum atomic E-state index is -3.15. The number of nitrogens with one attached hydrogen (secondary N) is 1. The van der Waals surface area contributed by atoms with E-state index in [1.165, 1.54) is 6.07 Å². The lowest BCUT2D eigenvalue weighted by Gasteiger charge is -2.29. The second-order valence-electron chi connectivity index (χ2n) is 5.11. The van der Waals surface area contributed by atoms with Crippen LogP contribution in [0.2, 0.25) is 0 Å². The van der Waals surface area contributed by atoms with Gasteiger partial charge in [-0.25, -0.2) is 12.8 Å². The van der Waals surface area contributed by atoms with E-state index in [-0.39, 0.29) is 18.0 Å². The molecule has 3 N–H and O–H groups in total. The molecule has 0 radical (unpaired) electrons. The van der Waals surface area contributed by atoms with Crippen LogP contribution in [0.4, 0.5) is 4.39 Å². The molecule has 7 heteroatoms. The largest absolute Gasteiger partial charge is 0.271 e. The number of hydrogen-bond donors (Lipinski definition) is 2. The van der Waals surface area contributed by atoms with E-state index >= 15 is 0 Å². The maximum absolute atomic E-state index is 13.8. The normalized spacial score (nSPS) is 23.4. The first-order valence-corrected chi connectivity index (χ1v) is 9.06. The Morgan fingerprint density at radius 2 is 2.20 bits per heavy atom. The zero-order valence-electron chi connectivity index (χ0n) is 11.0. The summed E-state index contributed by atoms with van der Waals surface area (Å²) in [5.41, 5.74) is 3.02. The Balaban J connectivity index is 2.22. The Labute approximate surface area is 126 Å². The standard InChI is InChI=1S/C13H18BrFN2O2S/c14-10-4-5-11(15)9(7-10)8-12(17-16)13-3-1-2-6-20(13,18)19/h4-5,7,12-13,17H,1-3,6,8,16H2. The first kappa shape index (κ1) is 15.9. The van der Waals surface area contributed by atoms with Crippen LogP contribution in [0.3, 0.4) is 0 Å². The smallest absolute Gasteiger partial charge is 0.154 e. The lowest BCUT2D eigenvalue weighted by Crippen LogP contribution is -2.50. The van der Waals surface area contributed by atoms with E-state index < -0.39 is 21.1 Å². The molecule has 112 valence electrons. The summed E-state index contributed by atoms with van der Waals surface area (Å²) in [6, 6.07) is 4.17. The average Bonchev–Trinajstić information content (AvgIpc) is 2.40. The predicted octanol–water partition coefficient (Wildman–Crippen LogP) is 1.93. The summed E-state index contributed by atoms with van der Waals surface area (Å²) >= 11 is 3.29. The Bertz CT molecular complexity index is 580. The van der Waals surface area contributed by atoms with E-state index in [1.54, 1.807) is 12.1 Å². The van der Waals surface area contributed by atoms with Crippen LogP contribution in [0, 0.1) is 5.82 Å².